The molecule has 28 heavy (non-hydrogen) atoms. The molecule has 0 spiro atoms. The monoisotopic (exact) mass is 396 g/mol. The Hall–Kier alpha value is -1.06. The van der Waals surface area contributed by atoms with Gasteiger partial charge in [0.05, 0.1) is 0 Å². The second kappa shape index (κ2) is 10.6. The fourth-order valence-corrected chi connectivity index (χ4v) is 4.05. The van der Waals surface area contributed by atoms with E-state index in [9.17, 15) is 9.59 Å². The quantitative estimate of drug-likeness (QED) is 0.403. The van der Waals surface area contributed by atoms with Gasteiger partial charge in [0.25, 0.3) is 0 Å². The summed E-state index contributed by atoms with van der Waals surface area (Å²) in [6, 6.07) is 0. The SMILES string of the molecule is CCC(C)(NC(=O)CC(C)CC(C)(C)C(C)C)NC(=O)CC(C)(C)CC(C)C. The lowest BCUT2D eigenvalue weighted by Crippen LogP contribution is -2.58. The second-order valence-corrected chi connectivity index (χ2v) is 11.4. The fourth-order valence-electron chi connectivity index (χ4n) is 4.05. The Bertz CT molecular complexity index is 509. The molecule has 0 aliphatic heterocycles. The van der Waals surface area contributed by atoms with Crippen molar-refractivity contribution in [2.24, 2.45) is 28.6 Å². The van der Waals surface area contributed by atoms with Crippen LogP contribution in [0.1, 0.15) is 108 Å². The normalized spacial score (nSPS) is 16.0. The number of hydrogen-bond acceptors (Lipinski definition) is 2. The molecule has 2 amide bonds. The first-order chi connectivity index (χ1) is 12.5. The van der Waals surface area contributed by atoms with Gasteiger partial charge in [-0.25, -0.2) is 0 Å². The zero-order valence-corrected chi connectivity index (χ0v) is 20.6. The van der Waals surface area contributed by atoms with Gasteiger partial charge in [0.2, 0.25) is 11.8 Å². The molecule has 4 nitrogen and oxygen atoms in total. The predicted molar refractivity (Wildman–Crippen MR) is 120 cm³/mol. The van der Waals surface area contributed by atoms with Gasteiger partial charge in [-0.3, -0.25) is 9.59 Å². The summed E-state index contributed by atoms with van der Waals surface area (Å²) < 4.78 is 0. The molecule has 0 fully saturated rings. The number of carbonyl (C=O) groups is 2. The summed E-state index contributed by atoms with van der Waals surface area (Å²) in [5.41, 5.74) is -0.535. The molecular formula is C24H48N2O2. The molecule has 0 bridgehead atoms. The first-order valence-electron chi connectivity index (χ1n) is 11.1. The Morgan fingerprint density at radius 1 is 0.821 bits per heavy atom. The van der Waals surface area contributed by atoms with Crippen molar-refractivity contribution >= 4 is 11.8 Å². The van der Waals surface area contributed by atoms with Gasteiger partial charge in [0.15, 0.2) is 0 Å². The maximum Gasteiger partial charge on any atom is 0.222 e. The highest BCUT2D eigenvalue weighted by atomic mass is 16.2. The van der Waals surface area contributed by atoms with E-state index in [0.29, 0.717) is 37.0 Å². The van der Waals surface area contributed by atoms with Gasteiger partial charge in [0.1, 0.15) is 5.66 Å². The van der Waals surface area contributed by atoms with Crippen LogP contribution in [0.15, 0.2) is 0 Å². The van der Waals surface area contributed by atoms with Crippen LogP contribution in [0, 0.1) is 28.6 Å². The van der Waals surface area contributed by atoms with Crippen LogP contribution in [0.4, 0.5) is 0 Å². The molecule has 2 unspecified atom stereocenters. The molecule has 4 heteroatoms. The van der Waals surface area contributed by atoms with Gasteiger partial charge in [-0.05, 0) is 54.8 Å². The van der Waals surface area contributed by atoms with Gasteiger partial charge in [-0.1, -0.05) is 69.2 Å². The number of amides is 2. The fraction of sp³-hybridized carbons (Fsp3) is 0.917. The Kier molecular flexibility index (Phi) is 10.2. The van der Waals surface area contributed by atoms with E-state index < -0.39 is 5.66 Å². The van der Waals surface area contributed by atoms with Crippen LogP contribution in [0.25, 0.3) is 0 Å². The van der Waals surface area contributed by atoms with Crippen LogP contribution < -0.4 is 10.6 Å². The van der Waals surface area contributed by atoms with Gasteiger partial charge in [-0.15, -0.1) is 0 Å². The minimum absolute atomic E-state index is 0.00397. The average Bonchev–Trinajstić information content (AvgIpc) is 2.42. The van der Waals surface area contributed by atoms with E-state index >= 15 is 0 Å². The van der Waals surface area contributed by atoms with E-state index in [1.165, 1.54) is 0 Å². The van der Waals surface area contributed by atoms with Crippen molar-refractivity contribution in [3.8, 4) is 0 Å². The number of carbonyl (C=O) groups excluding carboxylic acids is 2. The number of nitrogens with one attached hydrogen (secondary N) is 2. The molecule has 0 saturated carbocycles. The molecule has 0 aliphatic carbocycles. The zero-order chi connectivity index (χ0) is 22.3. The summed E-state index contributed by atoms with van der Waals surface area (Å²) in [7, 11) is 0. The molecular weight excluding hydrogens is 348 g/mol. The molecule has 0 saturated heterocycles. The van der Waals surface area contributed by atoms with E-state index in [-0.39, 0.29) is 22.6 Å². The van der Waals surface area contributed by atoms with Crippen molar-refractivity contribution < 1.29 is 9.59 Å². The number of rotatable bonds is 12. The minimum Gasteiger partial charge on any atom is -0.334 e. The third kappa shape index (κ3) is 10.5. The Balaban J connectivity index is 4.79. The Labute approximate surface area is 175 Å². The summed E-state index contributed by atoms with van der Waals surface area (Å²) in [4.78, 5) is 25.3. The summed E-state index contributed by atoms with van der Waals surface area (Å²) in [6.07, 6.45) is 3.62. The van der Waals surface area contributed by atoms with E-state index in [4.69, 9.17) is 0 Å². The van der Waals surface area contributed by atoms with Crippen molar-refractivity contribution in [1.82, 2.24) is 10.6 Å². The first kappa shape index (κ1) is 26.9. The molecule has 2 N–H and O–H groups in total. The van der Waals surface area contributed by atoms with Crippen LogP contribution in [0.5, 0.6) is 0 Å². The Morgan fingerprint density at radius 2 is 1.32 bits per heavy atom. The van der Waals surface area contributed by atoms with Crippen LogP contribution in [-0.4, -0.2) is 17.5 Å². The lowest BCUT2D eigenvalue weighted by Gasteiger charge is -2.35. The summed E-state index contributed by atoms with van der Waals surface area (Å²) in [5.74, 6) is 1.45. The molecule has 0 aromatic carbocycles. The Morgan fingerprint density at radius 3 is 1.75 bits per heavy atom. The molecule has 0 aliphatic rings. The summed E-state index contributed by atoms with van der Waals surface area (Å²) >= 11 is 0. The molecule has 166 valence electrons. The van der Waals surface area contributed by atoms with Gasteiger partial charge < -0.3 is 10.6 Å². The average molecular weight is 397 g/mol. The molecule has 0 aromatic heterocycles. The topological polar surface area (TPSA) is 58.2 Å². The highest BCUT2D eigenvalue weighted by Gasteiger charge is 2.31. The zero-order valence-electron chi connectivity index (χ0n) is 20.6. The van der Waals surface area contributed by atoms with E-state index in [1.54, 1.807) is 0 Å². The molecule has 2 atom stereocenters. The smallest absolute Gasteiger partial charge is 0.222 e. The molecule has 0 radical (unpaired) electrons. The van der Waals surface area contributed by atoms with Crippen LogP contribution in [0.2, 0.25) is 0 Å². The lowest BCUT2D eigenvalue weighted by molar-refractivity contribution is -0.128. The predicted octanol–water partition coefficient (Wildman–Crippen LogP) is 5.91. The van der Waals surface area contributed by atoms with Gasteiger partial charge >= 0.3 is 0 Å². The second-order valence-electron chi connectivity index (χ2n) is 11.4. The van der Waals surface area contributed by atoms with Crippen LogP contribution >= 0.6 is 0 Å². The van der Waals surface area contributed by atoms with E-state index in [0.717, 1.165) is 12.8 Å². The lowest BCUT2D eigenvalue weighted by atomic mass is 9.74. The molecule has 0 heterocycles. The highest BCUT2D eigenvalue weighted by Crippen LogP contribution is 2.34. The highest BCUT2D eigenvalue weighted by molar-refractivity contribution is 5.80. The van der Waals surface area contributed by atoms with Crippen molar-refractivity contribution in [3.63, 3.8) is 0 Å². The van der Waals surface area contributed by atoms with Crippen molar-refractivity contribution in [1.29, 1.82) is 0 Å². The first-order valence-corrected chi connectivity index (χ1v) is 11.1. The largest absolute Gasteiger partial charge is 0.334 e. The maximum absolute atomic E-state index is 12.6. The summed E-state index contributed by atoms with van der Waals surface area (Å²) in [6.45, 7) is 23.7. The minimum atomic E-state index is -0.699. The third-order valence-corrected chi connectivity index (χ3v) is 6.11. The van der Waals surface area contributed by atoms with Gasteiger partial charge in [-0.2, -0.15) is 0 Å². The van der Waals surface area contributed by atoms with Gasteiger partial charge in [0, 0.05) is 12.8 Å². The van der Waals surface area contributed by atoms with E-state index in [2.05, 4.69) is 72.9 Å². The molecule has 0 aromatic rings. The third-order valence-electron chi connectivity index (χ3n) is 6.11. The number of hydrogen-bond donors (Lipinski definition) is 2. The summed E-state index contributed by atoms with van der Waals surface area (Å²) in [5, 5.41) is 6.15. The van der Waals surface area contributed by atoms with Crippen molar-refractivity contribution in [2.75, 3.05) is 0 Å². The van der Waals surface area contributed by atoms with Crippen LogP contribution in [-0.2, 0) is 9.59 Å². The maximum atomic E-state index is 12.6. The van der Waals surface area contributed by atoms with Crippen molar-refractivity contribution in [2.45, 2.75) is 114 Å². The van der Waals surface area contributed by atoms with Crippen LogP contribution in [0.3, 0.4) is 0 Å². The van der Waals surface area contributed by atoms with Crippen molar-refractivity contribution in [3.05, 3.63) is 0 Å². The van der Waals surface area contributed by atoms with E-state index in [1.807, 2.05) is 13.8 Å². The standard InChI is InChI=1S/C24H48N2O2/c1-12-24(11,26-21(28)16-22(7,8)14-17(2)3)25-20(27)13-19(6)15-23(9,10)18(4)5/h17-19H,12-16H2,1-11H3,(H,25,27)(H,26,28). The molecule has 0 rings (SSSR count).